The van der Waals surface area contributed by atoms with E-state index < -0.39 is 21.9 Å². The summed E-state index contributed by atoms with van der Waals surface area (Å²) in [5, 5.41) is 20.2. The Labute approximate surface area is 174 Å². The number of hydrogen-bond acceptors (Lipinski definition) is 6. The molecule has 0 amide bonds. The molecule has 0 saturated heterocycles. The van der Waals surface area contributed by atoms with Gasteiger partial charge >= 0.3 is 11.9 Å². The van der Waals surface area contributed by atoms with Gasteiger partial charge in [-0.3, -0.25) is 0 Å². The maximum Gasteiger partial charge on any atom is 0.395 e. The van der Waals surface area contributed by atoms with Crippen LogP contribution in [0.15, 0.2) is 41.3 Å². The molecule has 8 nitrogen and oxygen atoms in total. The molecule has 2 aromatic rings. The van der Waals surface area contributed by atoms with Crippen LogP contribution in [0.2, 0.25) is 0 Å². The van der Waals surface area contributed by atoms with Crippen molar-refractivity contribution in [1.82, 2.24) is 4.72 Å². The van der Waals surface area contributed by atoms with Gasteiger partial charge in [-0.2, -0.15) is 0 Å². The van der Waals surface area contributed by atoms with Crippen LogP contribution in [0.3, 0.4) is 0 Å². The van der Waals surface area contributed by atoms with Crippen LogP contribution in [0, 0.1) is 13.8 Å². The first kappa shape index (κ1) is 20.6. The van der Waals surface area contributed by atoms with Crippen LogP contribution in [-0.2, 0) is 14.8 Å². The van der Waals surface area contributed by atoms with E-state index in [4.69, 9.17) is 9.47 Å². The number of aliphatic hydroxyl groups is 1. The highest BCUT2D eigenvalue weighted by molar-refractivity contribution is 7.89. The zero-order valence-corrected chi connectivity index (χ0v) is 17.4. The minimum Gasteiger partial charge on any atom is -0.486 e. The fourth-order valence-corrected chi connectivity index (χ4v) is 5.54. The van der Waals surface area contributed by atoms with Crippen molar-refractivity contribution in [3.8, 4) is 11.5 Å². The number of aryl methyl sites for hydroxylation is 2. The highest BCUT2D eigenvalue weighted by Crippen LogP contribution is 2.51. The van der Waals surface area contributed by atoms with E-state index in [9.17, 15) is 23.4 Å². The zero-order chi connectivity index (χ0) is 21.7. The van der Waals surface area contributed by atoms with Crippen LogP contribution in [-0.4, -0.2) is 36.6 Å². The van der Waals surface area contributed by atoms with Crippen LogP contribution in [0.25, 0.3) is 0 Å². The molecule has 0 bridgehead atoms. The number of ether oxygens (including phenoxy) is 2. The number of nitrogens with one attached hydrogen (secondary N) is 1. The molecule has 3 N–H and O–H groups in total. The molecular weight excluding hydrogens is 410 g/mol. The molecule has 1 aliphatic heterocycles. The minimum atomic E-state index is -4.41. The first-order valence-corrected chi connectivity index (χ1v) is 11.1. The Morgan fingerprint density at radius 2 is 2.00 bits per heavy atom. The number of carboxylic acids is 1. The summed E-state index contributed by atoms with van der Waals surface area (Å²) in [4.78, 5) is 11.7. The van der Waals surface area contributed by atoms with Crippen LogP contribution in [0.5, 0.6) is 11.5 Å². The second-order valence-electron chi connectivity index (χ2n) is 7.79. The highest BCUT2D eigenvalue weighted by Gasteiger charge is 2.46. The smallest absolute Gasteiger partial charge is 0.395 e. The van der Waals surface area contributed by atoms with E-state index in [0.29, 0.717) is 11.3 Å². The molecule has 2 aliphatic rings. The van der Waals surface area contributed by atoms with Crippen LogP contribution >= 0.6 is 0 Å². The van der Waals surface area contributed by atoms with Gasteiger partial charge < -0.3 is 19.7 Å². The molecule has 4 rings (SSSR count). The first-order chi connectivity index (χ1) is 14.1. The van der Waals surface area contributed by atoms with Gasteiger partial charge in [0.2, 0.25) is 10.0 Å². The van der Waals surface area contributed by atoms with Gasteiger partial charge in [-0.15, -0.1) is 4.72 Å². The standard InChI is InChI=1S/C21H23NO7S/c1-12-9-10-18(13(2)11-12)30(26,27)22-21(25,20(23)24)29-17-8-4-6-15-14-5-3-7-16(14)28-19(15)17/h4,6,8-11,14,16,22,25H,3,5,7H2,1-2H3,(H,23,24). The Hall–Kier alpha value is -2.62. The van der Waals surface area contributed by atoms with Crippen molar-refractivity contribution in [1.29, 1.82) is 0 Å². The van der Waals surface area contributed by atoms with Gasteiger partial charge in [0.1, 0.15) is 6.10 Å². The number of sulfonamides is 1. The van der Waals surface area contributed by atoms with Gasteiger partial charge in [-0.1, -0.05) is 29.8 Å². The van der Waals surface area contributed by atoms with Crippen molar-refractivity contribution >= 4 is 16.0 Å². The topological polar surface area (TPSA) is 122 Å². The van der Waals surface area contributed by atoms with E-state index >= 15 is 0 Å². The SMILES string of the molecule is Cc1ccc(S(=O)(=O)NC(O)(Oc2cccc3c2OC2CCCC32)C(=O)O)c(C)c1. The molecule has 0 spiro atoms. The average Bonchev–Trinajstić information content (AvgIpc) is 3.23. The van der Waals surface area contributed by atoms with Gasteiger partial charge in [-0.05, 0) is 50.8 Å². The Balaban J connectivity index is 1.66. The minimum absolute atomic E-state index is 0.0189. The predicted molar refractivity (Wildman–Crippen MR) is 107 cm³/mol. The van der Waals surface area contributed by atoms with E-state index in [1.54, 1.807) is 36.8 Å². The lowest BCUT2D eigenvalue weighted by Gasteiger charge is -2.26. The lowest BCUT2D eigenvalue weighted by molar-refractivity contribution is -0.197. The maximum atomic E-state index is 12.8. The third-order valence-electron chi connectivity index (χ3n) is 5.57. The summed E-state index contributed by atoms with van der Waals surface area (Å²) in [5.74, 6) is -4.61. The summed E-state index contributed by atoms with van der Waals surface area (Å²) in [7, 11) is -4.41. The summed E-state index contributed by atoms with van der Waals surface area (Å²) in [6, 6.07) is 9.56. The van der Waals surface area contributed by atoms with Gasteiger partial charge in [0.25, 0.3) is 0 Å². The van der Waals surface area contributed by atoms with Crippen LogP contribution in [0.1, 0.15) is 41.9 Å². The molecule has 1 fully saturated rings. The number of benzene rings is 2. The zero-order valence-electron chi connectivity index (χ0n) is 16.6. The maximum absolute atomic E-state index is 12.8. The fourth-order valence-electron chi connectivity index (χ4n) is 4.21. The number of carbonyl (C=O) groups is 1. The van der Waals surface area contributed by atoms with Crippen molar-refractivity contribution < 1.29 is 32.9 Å². The predicted octanol–water partition coefficient (Wildman–Crippen LogP) is 2.42. The lowest BCUT2D eigenvalue weighted by atomic mass is 9.97. The molecule has 1 aliphatic carbocycles. The number of carboxylic acid groups (broad SMARTS) is 1. The summed E-state index contributed by atoms with van der Waals surface area (Å²) in [6.07, 6.45) is 2.84. The van der Waals surface area contributed by atoms with Crippen LogP contribution in [0.4, 0.5) is 0 Å². The van der Waals surface area contributed by atoms with Gasteiger partial charge in [0.15, 0.2) is 11.5 Å². The molecule has 2 aromatic carbocycles. The molecular formula is C21H23NO7S. The van der Waals surface area contributed by atoms with Crippen molar-refractivity contribution in [2.75, 3.05) is 0 Å². The molecule has 160 valence electrons. The molecule has 3 unspecified atom stereocenters. The normalized spacial score (nSPS) is 22.0. The van der Waals surface area contributed by atoms with Gasteiger partial charge in [0.05, 0.1) is 4.90 Å². The van der Waals surface area contributed by atoms with Gasteiger partial charge in [0, 0.05) is 11.5 Å². The third kappa shape index (κ3) is 3.53. The molecule has 9 heteroatoms. The molecule has 0 aromatic heterocycles. The third-order valence-corrected chi connectivity index (χ3v) is 7.15. The fraction of sp³-hybridized carbons (Fsp3) is 0.381. The molecule has 3 atom stereocenters. The molecule has 1 saturated carbocycles. The first-order valence-electron chi connectivity index (χ1n) is 9.66. The average molecular weight is 433 g/mol. The second-order valence-corrected chi connectivity index (χ2v) is 9.44. The van der Waals surface area contributed by atoms with E-state index in [1.165, 1.54) is 12.1 Å². The van der Waals surface area contributed by atoms with Gasteiger partial charge in [-0.25, -0.2) is 13.2 Å². The summed E-state index contributed by atoms with van der Waals surface area (Å²) in [5.41, 5.74) is 2.13. The second kappa shape index (κ2) is 7.26. The number of rotatable bonds is 6. The Kier molecular flexibility index (Phi) is 5.00. The number of fused-ring (bicyclic) bond motifs is 3. The largest absolute Gasteiger partial charge is 0.486 e. The Morgan fingerprint density at radius 1 is 1.23 bits per heavy atom. The quantitative estimate of drug-likeness (QED) is 0.598. The Morgan fingerprint density at radius 3 is 2.70 bits per heavy atom. The number of hydrogen-bond donors (Lipinski definition) is 3. The van der Waals surface area contributed by atoms with E-state index in [1.807, 2.05) is 6.07 Å². The van der Waals surface area contributed by atoms with E-state index in [-0.39, 0.29) is 22.7 Å². The van der Waals surface area contributed by atoms with Crippen LogP contribution < -0.4 is 14.2 Å². The van der Waals surface area contributed by atoms with Crippen molar-refractivity contribution in [3.63, 3.8) is 0 Å². The van der Waals surface area contributed by atoms with E-state index in [2.05, 4.69) is 0 Å². The highest BCUT2D eigenvalue weighted by atomic mass is 32.2. The Bertz CT molecular complexity index is 1110. The number of aliphatic carboxylic acids is 1. The summed E-state index contributed by atoms with van der Waals surface area (Å²) in [6.45, 7) is 3.39. The van der Waals surface area contributed by atoms with E-state index in [0.717, 1.165) is 30.4 Å². The number of para-hydroxylation sites is 1. The summed E-state index contributed by atoms with van der Waals surface area (Å²) < 4.78 is 38.7. The lowest BCUT2D eigenvalue weighted by Crippen LogP contribution is -2.58. The molecule has 0 radical (unpaired) electrons. The van der Waals surface area contributed by atoms with Crippen molar-refractivity contribution in [2.24, 2.45) is 0 Å². The van der Waals surface area contributed by atoms with Crippen molar-refractivity contribution in [2.45, 2.75) is 55.9 Å². The molecule has 30 heavy (non-hydrogen) atoms. The van der Waals surface area contributed by atoms with Crippen molar-refractivity contribution in [3.05, 3.63) is 53.1 Å². The molecule has 1 heterocycles. The summed E-state index contributed by atoms with van der Waals surface area (Å²) >= 11 is 0. The monoisotopic (exact) mass is 433 g/mol.